The van der Waals surface area contributed by atoms with Crippen LogP contribution in [-0.4, -0.2) is 58.8 Å². The van der Waals surface area contributed by atoms with Crippen molar-refractivity contribution in [3.8, 4) is 0 Å². The average molecular weight is 383 g/mol. The molecule has 28 heavy (non-hydrogen) atoms. The third kappa shape index (κ3) is 3.78. The monoisotopic (exact) mass is 382 g/mol. The molecule has 2 N–H and O–H groups in total. The van der Waals surface area contributed by atoms with Crippen LogP contribution in [0.5, 0.6) is 0 Å². The minimum Gasteiger partial charge on any atom is -0.357 e. The molecule has 6 nitrogen and oxygen atoms in total. The third-order valence-corrected chi connectivity index (χ3v) is 5.72. The second kappa shape index (κ2) is 7.24. The molecule has 1 unspecified atom stereocenters. The zero-order chi connectivity index (χ0) is 19.9. The molecule has 1 fully saturated rings. The van der Waals surface area contributed by atoms with Crippen molar-refractivity contribution in [1.82, 2.24) is 20.1 Å². The van der Waals surface area contributed by atoms with E-state index >= 15 is 0 Å². The molecule has 1 aromatic carbocycles. The number of H-pyrrole nitrogens is 1. The average Bonchev–Trinajstić information content (AvgIpc) is 3.01. The fourth-order valence-corrected chi connectivity index (χ4v) is 4.48. The van der Waals surface area contributed by atoms with E-state index in [4.69, 9.17) is 0 Å². The number of piperazine rings is 1. The number of para-hydroxylation sites is 1. The molecule has 0 bridgehead atoms. The number of carbonyl (C=O) groups is 2. The molecule has 2 aliphatic heterocycles. The van der Waals surface area contributed by atoms with Crippen molar-refractivity contribution in [2.45, 2.75) is 46.2 Å². The van der Waals surface area contributed by atoms with Gasteiger partial charge in [0.1, 0.15) is 0 Å². The molecule has 2 aliphatic rings. The van der Waals surface area contributed by atoms with Gasteiger partial charge in [-0.05, 0) is 23.5 Å². The quantitative estimate of drug-likeness (QED) is 0.856. The summed E-state index contributed by atoms with van der Waals surface area (Å²) in [5, 5.41) is 4.19. The Bertz CT molecular complexity index is 896. The van der Waals surface area contributed by atoms with Gasteiger partial charge in [0.05, 0.1) is 19.0 Å². The Kier molecular flexibility index (Phi) is 4.91. The maximum absolute atomic E-state index is 13.1. The molecule has 0 aliphatic carbocycles. The van der Waals surface area contributed by atoms with E-state index in [0.29, 0.717) is 19.6 Å². The van der Waals surface area contributed by atoms with Crippen LogP contribution < -0.4 is 5.32 Å². The Hall–Kier alpha value is -2.34. The van der Waals surface area contributed by atoms with Crippen molar-refractivity contribution < 1.29 is 9.59 Å². The lowest BCUT2D eigenvalue weighted by Crippen LogP contribution is -2.58. The molecular formula is C22H30N4O2. The highest BCUT2D eigenvalue weighted by atomic mass is 16.2. The summed E-state index contributed by atoms with van der Waals surface area (Å²) < 4.78 is 0. The number of nitrogens with one attached hydrogen (secondary N) is 2. The van der Waals surface area contributed by atoms with Crippen LogP contribution in [0.2, 0.25) is 0 Å². The molecule has 1 atom stereocenters. The molecule has 0 saturated carbocycles. The van der Waals surface area contributed by atoms with Crippen LogP contribution in [0.3, 0.4) is 0 Å². The number of carbonyl (C=O) groups excluding carboxylic acids is 2. The van der Waals surface area contributed by atoms with Gasteiger partial charge in [-0.1, -0.05) is 39.0 Å². The van der Waals surface area contributed by atoms with E-state index in [1.165, 1.54) is 10.9 Å². The zero-order valence-corrected chi connectivity index (χ0v) is 17.0. The number of rotatable bonds is 3. The van der Waals surface area contributed by atoms with Gasteiger partial charge in [-0.15, -0.1) is 0 Å². The molecule has 2 aromatic rings. The first kappa shape index (κ1) is 19.0. The molecule has 0 spiro atoms. The number of aromatic nitrogens is 1. The Morgan fingerprint density at radius 3 is 2.79 bits per heavy atom. The highest BCUT2D eigenvalue weighted by molar-refractivity contribution is 5.89. The lowest BCUT2D eigenvalue weighted by Gasteiger charge is -2.39. The van der Waals surface area contributed by atoms with Gasteiger partial charge in [-0.2, -0.15) is 0 Å². The molecule has 4 rings (SSSR count). The van der Waals surface area contributed by atoms with E-state index in [1.807, 2.05) is 11.0 Å². The summed E-state index contributed by atoms with van der Waals surface area (Å²) in [6.45, 7) is 10.1. The number of fused-ring (bicyclic) bond motifs is 3. The second-order valence-corrected chi connectivity index (χ2v) is 9.24. The van der Waals surface area contributed by atoms with Crippen LogP contribution in [0.15, 0.2) is 24.3 Å². The van der Waals surface area contributed by atoms with Crippen molar-refractivity contribution in [2.75, 3.05) is 26.2 Å². The Balaban J connectivity index is 1.47. The van der Waals surface area contributed by atoms with E-state index in [2.05, 4.69) is 54.2 Å². The van der Waals surface area contributed by atoms with Crippen molar-refractivity contribution >= 4 is 22.7 Å². The van der Waals surface area contributed by atoms with Gasteiger partial charge < -0.3 is 15.2 Å². The fraction of sp³-hybridized carbons (Fsp3) is 0.545. The van der Waals surface area contributed by atoms with Crippen LogP contribution in [-0.2, 0) is 22.6 Å². The highest BCUT2D eigenvalue weighted by Gasteiger charge is 2.35. The third-order valence-electron chi connectivity index (χ3n) is 5.72. The Morgan fingerprint density at radius 1 is 1.21 bits per heavy atom. The molecule has 2 amide bonds. The van der Waals surface area contributed by atoms with Crippen LogP contribution in [0.1, 0.15) is 38.4 Å². The van der Waals surface area contributed by atoms with E-state index in [0.717, 1.165) is 30.7 Å². The smallest absolute Gasteiger partial charge is 0.237 e. The van der Waals surface area contributed by atoms with Crippen molar-refractivity contribution in [3.05, 3.63) is 35.5 Å². The zero-order valence-electron chi connectivity index (χ0n) is 17.0. The Labute approximate surface area is 166 Å². The fourth-order valence-electron chi connectivity index (χ4n) is 4.48. The Morgan fingerprint density at radius 2 is 2.00 bits per heavy atom. The molecule has 6 heteroatoms. The lowest BCUT2D eigenvalue weighted by molar-refractivity contribution is -0.140. The number of hydrogen-bond acceptors (Lipinski definition) is 3. The standard InChI is InChI=1S/C22H30N4O2/c1-22(2,3)14-26-11-9-23-21(28)19(26)12-20(27)25-10-8-16-15-6-4-5-7-17(15)24-18(16)13-25/h4-7,19,24H,8-14H2,1-3H3,(H,23,28). The van der Waals surface area contributed by atoms with Gasteiger partial charge in [0.15, 0.2) is 0 Å². The summed E-state index contributed by atoms with van der Waals surface area (Å²) in [6, 6.07) is 7.93. The van der Waals surface area contributed by atoms with Crippen molar-refractivity contribution in [2.24, 2.45) is 5.41 Å². The summed E-state index contributed by atoms with van der Waals surface area (Å²) in [5.41, 5.74) is 3.67. The SMILES string of the molecule is CC(C)(C)CN1CCNC(=O)C1CC(=O)N1CCc2c([nH]c3ccccc23)C1. The van der Waals surface area contributed by atoms with Crippen LogP contribution >= 0.6 is 0 Å². The summed E-state index contributed by atoms with van der Waals surface area (Å²) in [5.74, 6) is 0.0393. The number of amides is 2. The minimum absolute atomic E-state index is 0.0211. The number of aromatic amines is 1. The van der Waals surface area contributed by atoms with E-state index < -0.39 is 0 Å². The number of nitrogens with zero attached hydrogens (tertiary/aromatic N) is 2. The topological polar surface area (TPSA) is 68.4 Å². The normalized spacial score (nSPS) is 20.9. The van der Waals surface area contributed by atoms with Crippen LogP contribution in [0.4, 0.5) is 0 Å². The summed E-state index contributed by atoms with van der Waals surface area (Å²) >= 11 is 0. The van der Waals surface area contributed by atoms with Crippen LogP contribution in [0.25, 0.3) is 10.9 Å². The molecule has 3 heterocycles. The summed E-state index contributed by atoms with van der Waals surface area (Å²) in [6.07, 6.45) is 1.10. The van der Waals surface area contributed by atoms with Crippen molar-refractivity contribution in [3.63, 3.8) is 0 Å². The second-order valence-electron chi connectivity index (χ2n) is 9.24. The largest absolute Gasteiger partial charge is 0.357 e. The molecule has 1 aromatic heterocycles. The maximum Gasteiger partial charge on any atom is 0.237 e. The number of benzene rings is 1. The van der Waals surface area contributed by atoms with Crippen molar-refractivity contribution in [1.29, 1.82) is 0 Å². The van der Waals surface area contributed by atoms with E-state index in [9.17, 15) is 9.59 Å². The predicted octanol–water partition coefficient (Wildman–Crippen LogP) is 2.29. The minimum atomic E-state index is -0.371. The van der Waals surface area contributed by atoms with E-state index in [1.54, 1.807) is 0 Å². The number of hydrogen-bond donors (Lipinski definition) is 2. The van der Waals surface area contributed by atoms with E-state index in [-0.39, 0.29) is 29.7 Å². The predicted molar refractivity (Wildman–Crippen MR) is 110 cm³/mol. The molecule has 1 saturated heterocycles. The van der Waals surface area contributed by atoms with Gasteiger partial charge in [-0.25, -0.2) is 0 Å². The molecule has 0 radical (unpaired) electrons. The molecule has 150 valence electrons. The first-order chi connectivity index (χ1) is 13.3. The van der Waals surface area contributed by atoms with Gasteiger partial charge in [0, 0.05) is 42.8 Å². The van der Waals surface area contributed by atoms with Gasteiger partial charge >= 0.3 is 0 Å². The first-order valence-corrected chi connectivity index (χ1v) is 10.2. The maximum atomic E-state index is 13.1. The first-order valence-electron chi connectivity index (χ1n) is 10.2. The summed E-state index contributed by atoms with van der Waals surface area (Å²) in [4.78, 5) is 33.1. The van der Waals surface area contributed by atoms with Gasteiger partial charge in [0.2, 0.25) is 11.8 Å². The van der Waals surface area contributed by atoms with Gasteiger partial charge in [-0.3, -0.25) is 14.5 Å². The summed E-state index contributed by atoms with van der Waals surface area (Å²) in [7, 11) is 0. The lowest BCUT2D eigenvalue weighted by atomic mass is 9.94. The van der Waals surface area contributed by atoms with Crippen LogP contribution in [0, 0.1) is 5.41 Å². The van der Waals surface area contributed by atoms with Gasteiger partial charge in [0.25, 0.3) is 0 Å². The highest BCUT2D eigenvalue weighted by Crippen LogP contribution is 2.28. The molecular weight excluding hydrogens is 352 g/mol.